The maximum Gasteiger partial charge on any atom is 0.262 e. The van der Waals surface area contributed by atoms with Crippen molar-refractivity contribution in [1.82, 2.24) is 9.55 Å². The number of carbonyl (C=O) groups excluding carboxylic acids is 1. The van der Waals surface area contributed by atoms with Crippen LogP contribution in [0.2, 0.25) is 5.02 Å². The van der Waals surface area contributed by atoms with Crippen LogP contribution < -0.4 is 10.9 Å². The average molecular weight is 418 g/mol. The normalized spacial score (nSPS) is 11.0. The number of benzene rings is 2. The van der Waals surface area contributed by atoms with Gasteiger partial charge < -0.3 is 10.4 Å². The number of hydrogen-bond donors (Lipinski definition) is 2. The third-order valence-electron chi connectivity index (χ3n) is 4.15. The van der Waals surface area contributed by atoms with Crippen LogP contribution in [0.4, 0.5) is 5.69 Å². The molecule has 0 saturated carbocycles. The molecule has 2 N–H and O–H groups in total. The third-order valence-corrected chi connectivity index (χ3v) is 5.54. The van der Waals surface area contributed by atoms with Crippen LogP contribution in [-0.4, -0.2) is 32.9 Å². The molecule has 1 heterocycles. The Labute approximate surface area is 171 Å². The van der Waals surface area contributed by atoms with Crippen LogP contribution in [0.3, 0.4) is 0 Å². The number of carbonyl (C=O) groups is 1. The maximum atomic E-state index is 12.8. The second-order valence-electron chi connectivity index (χ2n) is 6.25. The number of amides is 1. The van der Waals surface area contributed by atoms with Gasteiger partial charge in [-0.25, -0.2) is 4.98 Å². The first-order valence-corrected chi connectivity index (χ1v) is 10.1. The van der Waals surface area contributed by atoms with Crippen molar-refractivity contribution in [2.45, 2.75) is 25.0 Å². The molecule has 3 aromatic rings. The molecule has 0 radical (unpaired) electrons. The van der Waals surface area contributed by atoms with E-state index in [0.29, 0.717) is 39.7 Å². The predicted octanol–water partition coefficient (Wildman–Crippen LogP) is 3.47. The van der Waals surface area contributed by atoms with E-state index in [-0.39, 0.29) is 23.8 Å². The monoisotopic (exact) mass is 417 g/mol. The maximum absolute atomic E-state index is 12.8. The number of nitrogens with zero attached hydrogens (tertiary/aromatic N) is 2. The van der Waals surface area contributed by atoms with E-state index in [1.807, 2.05) is 19.1 Å². The lowest BCUT2D eigenvalue weighted by molar-refractivity contribution is -0.113. The smallest absolute Gasteiger partial charge is 0.262 e. The van der Waals surface area contributed by atoms with E-state index in [1.165, 1.54) is 16.3 Å². The number of rotatable bonds is 7. The van der Waals surface area contributed by atoms with Crippen molar-refractivity contribution >= 4 is 45.9 Å². The highest BCUT2D eigenvalue weighted by Crippen LogP contribution is 2.21. The Morgan fingerprint density at radius 3 is 2.82 bits per heavy atom. The summed E-state index contributed by atoms with van der Waals surface area (Å²) < 4.78 is 1.51. The van der Waals surface area contributed by atoms with E-state index in [2.05, 4.69) is 10.3 Å². The first-order chi connectivity index (χ1) is 13.5. The summed E-state index contributed by atoms with van der Waals surface area (Å²) in [5, 5.41) is 13.5. The Morgan fingerprint density at radius 1 is 1.29 bits per heavy atom. The van der Waals surface area contributed by atoms with E-state index in [9.17, 15) is 9.59 Å². The molecule has 1 aromatic heterocycles. The molecule has 0 unspecified atom stereocenters. The van der Waals surface area contributed by atoms with Crippen LogP contribution in [0.25, 0.3) is 10.9 Å². The van der Waals surface area contributed by atoms with Gasteiger partial charge in [-0.2, -0.15) is 0 Å². The van der Waals surface area contributed by atoms with Crippen LogP contribution in [0.5, 0.6) is 0 Å². The topological polar surface area (TPSA) is 84.2 Å². The minimum atomic E-state index is -0.221. The lowest BCUT2D eigenvalue weighted by Gasteiger charge is -2.13. The molecule has 2 aromatic carbocycles. The van der Waals surface area contributed by atoms with Crippen molar-refractivity contribution < 1.29 is 9.90 Å². The number of hydrogen-bond acceptors (Lipinski definition) is 5. The van der Waals surface area contributed by atoms with E-state index >= 15 is 0 Å². The van der Waals surface area contributed by atoms with Gasteiger partial charge in [0, 0.05) is 23.9 Å². The van der Waals surface area contributed by atoms with E-state index in [4.69, 9.17) is 16.7 Å². The van der Waals surface area contributed by atoms with Gasteiger partial charge in [0.15, 0.2) is 5.16 Å². The van der Waals surface area contributed by atoms with Crippen LogP contribution in [0, 0.1) is 6.92 Å². The highest BCUT2D eigenvalue weighted by Gasteiger charge is 2.13. The zero-order chi connectivity index (χ0) is 20.1. The largest absolute Gasteiger partial charge is 0.396 e. The summed E-state index contributed by atoms with van der Waals surface area (Å²) in [5.41, 5.74) is 1.96. The Bertz CT molecular complexity index is 1070. The highest BCUT2D eigenvalue weighted by molar-refractivity contribution is 7.99. The van der Waals surface area contributed by atoms with Crippen molar-refractivity contribution in [2.75, 3.05) is 17.7 Å². The molecule has 6 nitrogen and oxygen atoms in total. The van der Waals surface area contributed by atoms with E-state index < -0.39 is 0 Å². The minimum Gasteiger partial charge on any atom is -0.396 e. The SMILES string of the molecule is Cc1ccc(NC(=O)CSc2nc3ccccc3c(=O)n2CCCO)cc1Cl. The molecular formula is C20H20ClN3O3S. The van der Waals surface area contributed by atoms with Crippen molar-refractivity contribution in [3.8, 4) is 0 Å². The fourth-order valence-corrected chi connectivity index (χ4v) is 3.69. The molecule has 0 spiro atoms. The lowest BCUT2D eigenvalue weighted by Crippen LogP contribution is -2.24. The molecule has 8 heteroatoms. The molecular weight excluding hydrogens is 398 g/mol. The van der Waals surface area contributed by atoms with Crippen molar-refractivity contribution in [3.05, 3.63) is 63.4 Å². The summed E-state index contributed by atoms with van der Waals surface area (Å²) >= 11 is 7.27. The predicted molar refractivity (Wildman–Crippen MR) is 113 cm³/mol. The highest BCUT2D eigenvalue weighted by atomic mass is 35.5. The van der Waals surface area contributed by atoms with Crippen LogP contribution in [-0.2, 0) is 11.3 Å². The number of para-hydroxylation sites is 1. The number of aliphatic hydroxyl groups is 1. The average Bonchev–Trinajstić information content (AvgIpc) is 2.69. The molecule has 146 valence electrons. The molecule has 0 aliphatic rings. The van der Waals surface area contributed by atoms with Gasteiger partial charge in [0.1, 0.15) is 0 Å². The summed E-state index contributed by atoms with van der Waals surface area (Å²) in [6, 6.07) is 12.4. The van der Waals surface area contributed by atoms with Crippen LogP contribution in [0.1, 0.15) is 12.0 Å². The number of anilines is 1. The molecule has 0 fully saturated rings. The van der Waals surface area contributed by atoms with Gasteiger partial charge in [0.05, 0.1) is 16.7 Å². The molecule has 1 amide bonds. The zero-order valence-corrected chi connectivity index (χ0v) is 16.9. The van der Waals surface area contributed by atoms with Crippen molar-refractivity contribution in [3.63, 3.8) is 0 Å². The van der Waals surface area contributed by atoms with E-state index in [1.54, 1.807) is 30.3 Å². The lowest BCUT2D eigenvalue weighted by atomic mass is 10.2. The summed E-state index contributed by atoms with van der Waals surface area (Å²) in [4.78, 5) is 29.6. The second kappa shape index (κ2) is 9.23. The van der Waals surface area contributed by atoms with Gasteiger partial charge >= 0.3 is 0 Å². The number of aromatic nitrogens is 2. The minimum absolute atomic E-state index is 0.0297. The fourth-order valence-electron chi connectivity index (χ4n) is 2.68. The van der Waals surface area contributed by atoms with Gasteiger partial charge in [-0.3, -0.25) is 14.2 Å². The summed E-state index contributed by atoms with van der Waals surface area (Å²) in [6.07, 6.45) is 0.432. The van der Waals surface area contributed by atoms with Crippen LogP contribution >= 0.6 is 23.4 Å². The number of fused-ring (bicyclic) bond motifs is 1. The van der Waals surface area contributed by atoms with Crippen LogP contribution in [0.15, 0.2) is 52.4 Å². The number of nitrogens with one attached hydrogen (secondary N) is 1. The molecule has 0 aliphatic carbocycles. The molecule has 0 saturated heterocycles. The first kappa shape index (κ1) is 20.4. The Kier molecular flexibility index (Phi) is 6.72. The first-order valence-electron chi connectivity index (χ1n) is 8.79. The molecule has 0 atom stereocenters. The number of thioether (sulfide) groups is 1. The molecule has 28 heavy (non-hydrogen) atoms. The van der Waals surface area contributed by atoms with E-state index in [0.717, 1.165) is 5.56 Å². The molecule has 0 aliphatic heterocycles. The Balaban J connectivity index is 1.79. The quantitative estimate of drug-likeness (QED) is 0.454. The van der Waals surface area contributed by atoms with Gasteiger partial charge in [-0.05, 0) is 43.2 Å². The fraction of sp³-hybridized carbons (Fsp3) is 0.250. The zero-order valence-electron chi connectivity index (χ0n) is 15.3. The number of aryl methyl sites for hydroxylation is 1. The summed E-state index contributed by atoms with van der Waals surface area (Å²) in [6.45, 7) is 2.20. The molecule has 0 bridgehead atoms. The third kappa shape index (κ3) is 4.73. The van der Waals surface area contributed by atoms with Crippen molar-refractivity contribution in [1.29, 1.82) is 0 Å². The van der Waals surface area contributed by atoms with Crippen molar-refractivity contribution in [2.24, 2.45) is 0 Å². The standard InChI is InChI=1S/C20H20ClN3O3S/c1-13-7-8-14(11-16(13)21)22-18(26)12-28-20-23-17-6-3-2-5-15(17)19(27)24(20)9-4-10-25/h2-3,5-8,11,25H,4,9-10,12H2,1H3,(H,22,26). The number of halogens is 1. The molecule has 3 rings (SSSR count). The number of aliphatic hydroxyl groups excluding tert-OH is 1. The van der Waals surface area contributed by atoms with Gasteiger partial charge in [-0.1, -0.05) is 41.6 Å². The van der Waals surface area contributed by atoms with Gasteiger partial charge in [0.2, 0.25) is 5.91 Å². The second-order valence-corrected chi connectivity index (χ2v) is 7.60. The summed E-state index contributed by atoms with van der Waals surface area (Å²) in [7, 11) is 0. The van der Waals surface area contributed by atoms with Gasteiger partial charge in [0.25, 0.3) is 5.56 Å². The summed E-state index contributed by atoms with van der Waals surface area (Å²) in [5.74, 6) is -0.129. The Hall–Kier alpha value is -2.35. The Morgan fingerprint density at radius 2 is 2.07 bits per heavy atom. The van der Waals surface area contributed by atoms with Gasteiger partial charge in [-0.15, -0.1) is 0 Å².